The Bertz CT molecular complexity index is 1600. The third-order valence-electron chi connectivity index (χ3n) is 7.68. The van der Waals surface area contributed by atoms with Crippen LogP contribution in [0.15, 0.2) is 53.1 Å². The van der Waals surface area contributed by atoms with E-state index in [1.165, 1.54) is 25.1 Å². The van der Waals surface area contributed by atoms with Crippen molar-refractivity contribution in [3.63, 3.8) is 0 Å². The Morgan fingerprint density at radius 2 is 1.90 bits per heavy atom. The second-order valence-electron chi connectivity index (χ2n) is 10.8. The van der Waals surface area contributed by atoms with Gasteiger partial charge in [0.25, 0.3) is 11.5 Å². The molecule has 1 fully saturated rings. The van der Waals surface area contributed by atoms with E-state index in [-0.39, 0.29) is 30.0 Å². The number of alkyl halides is 1. The fourth-order valence-electron chi connectivity index (χ4n) is 5.44. The maximum absolute atomic E-state index is 15.7. The maximum Gasteiger partial charge on any atom is 0.256 e. The molecular weight excluding hydrogens is 532 g/mol. The van der Waals surface area contributed by atoms with E-state index >= 15 is 8.78 Å². The molecule has 11 heteroatoms. The number of aliphatic hydroxyl groups excluding tert-OH is 2. The number of nitrogens with one attached hydrogen (secondary N) is 2. The van der Waals surface area contributed by atoms with Crippen LogP contribution in [0.3, 0.4) is 0 Å². The molecule has 2 aliphatic rings. The number of pyridine rings is 1. The number of rotatable bonds is 8. The Morgan fingerprint density at radius 1 is 1.17 bits per heavy atom. The van der Waals surface area contributed by atoms with Crippen molar-refractivity contribution < 1.29 is 23.8 Å². The highest BCUT2D eigenvalue weighted by Crippen LogP contribution is 2.38. The minimum Gasteiger partial charge on any atom is -0.394 e. The third kappa shape index (κ3) is 5.64. The van der Waals surface area contributed by atoms with E-state index in [1.807, 2.05) is 6.92 Å². The number of anilines is 1. The van der Waals surface area contributed by atoms with Crippen molar-refractivity contribution in [2.24, 2.45) is 0 Å². The lowest BCUT2D eigenvalue weighted by Crippen LogP contribution is -2.33. The van der Waals surface area contributed by atoms with E-state index in [0.717, 1.165) is 41.9 Å². The van der Waals surface area contributed by atoms with Gasteiger partial charge in [-0.2, -0.15) is 4.98 Å². The molecule has 9 nitrogen and oxygen atoms in total. The van der Waals surface area contributed by atoms with Gasteiger partial charge < -0.3 is 20.8 Å². The lowest BCUT2D eigenvalue weighted by molar-refractivity contribution is 0.0938. The van der Waals surface area contributed by atoms with E-state index < -0.39 is 42.0 Å². The molecule has 4 N–H and O–H groups in total. The van der Waals surface area contributed by atoms with Gasteiger partial charge in [-0.05, 0) is 56.5 Å². The molecule has 1 aromatic carbocycles. The number of aryl methyl sites for hydroxylation is 1. The molecule has 0 spiro atoms. The van der Waals surface area contributed by atoms with Crippen molar-refractivity contribution in [3.8, 4) is 11.3 Å². The highest BCUT2D eigenvalue weighted by molar-refractivity contribution is 5.99. The zero-order valence-corrected chi connectivity index (χ0v) is 23.0. The number of carbonyl (C=O) groups excluding carboxylic acids is 1. The summed E-state index contributed by atoms with van der Waals surface area (Å²) < 4.78 is 31.8. The fraction of sp³-hybridized carbons (Fsp3) is 0.400. The van der Waals surface area contributed by atoms with Crippen LogP contribution in [-0.4, -0.2) is 61.6 Å². The summed E-state index contributed by atoms with van der Waals surface area (Å²) in [7, 11) is 0. The van der Waals surface area contributed by atoms with Crippen LogP contribution in [0.5, 0.6) is 0 Å². The number of amides is 1. The van der Waals surface area contributed by atoms with Gasteiger partial charge in [0.15, 0.2) is 11.3 Å². The maximum atomic E-state index is 15.7. The number of hydrogen-bond donors (Lipinski definition) is 4. The summed E-state index contributed by atoms with van der Waals surface area (Å²) in [6.45, 7) is 2.14. The standard InChI is InChI=1S/C30H33F2N5O4/c1-17-9-10-18(28(41)33-19-6-3-4-7-19)14-22(17)25-21-11-12-24(40)37(26-23(31)8-5-13-30(26,2)32)27(21)36-29(35-25)34-20(15-38)16-39/h5,8-12,14,19-20,38-39H,3-4,6-7,13,15-16H2,1-2H3,(H,33,41)(H,34,35,36). The van der Waals surface area contributed by atoms with Crippen molar-refractivity contribution >= 4 is 28.6 Å². The van der Waals surface area contributed by atoms with Crippen LogP contribution in [0.2, 0.25) is 0 Å². The molecule has 0 radical (unpaired) electrons. The van der Waals surface area contributed by atoms with Crippen molar-refractivity contribution in [2.45, 2.75) is 63.7 Å². The normalized spacial score (nSPS) is 19.4. The molecule has 2 heterocycles. The number of fused-ring (bicyclic) bond motifs is 1. The third-order valence-corrected chi connectivity index (χ3v) is 7.68. The van der Waals surface area contributed by atoms with Crippen molar-refractivity contribution in [2.75, 3.05) is 18.5 Å². The number of nitrogens with zero attached hydrogens (tertiary/aromatic N) is 3. The van der Waals surface area contributed by atoms with Crippen LogP contribution in [-0.2, 0) is 0 Å². The van der Waals surface area contributed by atoms with Gasteiger partial charge in [0.2, 0.25) is 5.95 Å². The summed E-state index contributed by atoms with van der Waals surface area (Å²) in [4.78, 5) is 35.4. The molecule has 0 aliphatic heterocycles. The molecule has 216 valence electrons. The quantitative estimate of drug-likeness (QED) is 0.325. The van der Waals surface area contributed by atoms with Crippen molar-refractivity contribution in [3.05, 3.63) is 69.8 Å². The Hall–Kier alpha value is -3.96. The van der Waals surface area contributed by atoms with Crippen molar-refractivity contribution in [1.82, 2.24) is 19.9 Å². The van der Waals surface area contributed by atoms with E-state index in [2.05, 4.69) is 20.6 Å². The molecule has 2 aromatic heterocycles. The van der Waals surface area contributed by atoms with Crippen LogP contribution in [0, 0.1) is 6.92 Å². The fourth-order valence-corrected chi connectivity index (χ4v) is 5.44. The lowest BCUT2D eigenvalue weighted by atomic mass is 9.94. The Morgan fingerprint density at radius 3 is 2.59 bits per heavy atom. The SMILES string of the molecule is Cc1ccc(C(=O)NC2CCCC2)cc1-c1nc(NC(CO)CO)nc2c1ccc(=O)n2C1=C(F)C=CCC1(C)F. The monoisotopic (exact) mass is 565 g/mol. The van der Waals surface area contributed by atoms with Gasteiger partial charge >= 0.3 is 0 Å². The smallest absolute Gasteiger partial charge is 0.256 e. The summed E-state index contributed by atoms with van der Waals surface area (Å²) in [5.41, 5.74) is -1.41. The average molecular weight is 566 g/mol. The molecule has 41 heavy (non-hydrogen) atoms. The van der Waals surface area contributed by atoms with Crippen LogP contribution < -0.4 is 16.2 Å². The molecular formula is C30H33F2N5O4. The summed E-state index contributed by atoms with van der Waals surface area (Å²) in [5, 5.41) is 25.5. The molecule has 2 aliphatic carbocycles. The summed E-state index contributed by atoms with van der Waals surface area (Å²) in [6.07, 6.45) is 6.34. The second-order valence-corrected chi connectivity index (χ2v) is 10.8. The molecule has 1 amide bonds. The topological polar surface area (TPSA) is 129 Å². The first-order valence-electron chi connectivity index (χ1n) is 13.7. The molecule has 1 atom stereocenters. The van der Waals surface area contributed by atoms with E-state index in [9.17, 15) is 19.8 Å². The highest BCUT2D eigenvalue weighted by Gasteiger charge is 2.36. The van der Waals surface area contributed by atoms with E-state index in [4.69, 9.17) is 0 Å². The molecule has 0 bridgehead atoms. The molecule has 1 unspecified atom stereocenters. The van der Waals surface area contributed by atoms with E-state index in [0.29, 0.717) is 22.2 Å². The number of carbonyl (C=O) groups is 1. The van der Waals surface area contributed by atoms with Gasteiger partial charge in [-0.15, -0.1) is 0 Å². The largest absolute Gasteiger partial charge is 0.394 e. The van der Waals surface area contributed by atoms with Gasteiger partial charge in [-0.25, -0.2) is 13.8 Å². The first-order chi connectivity index (χ1) is 19.6. The number of benzene rings is 1. The van der Waals surface area contributed by atoms with Crippen LogP contribution in [0.1, 0.15) is 54.9 Å². The molecule has 0 saturated heterocycles. The highest BCUT2D eigenvalue weighted by atomic mass is 19.1. The molecule has 1 saturated carbocycles. The predicted octanol–water partition coefficient (Wildman–Crippen LogP) is 4.03. The Kier molecular flexibility index (Phi) is 8.01. The van der Waals surface area contributed by atoms with Gasteiger partial charge in [0, 0.05) is 35.0 Å². The first kappa shape index (κ1) is 28.6. The number of aromatic nitrogens is 3. The zero-order chi connectivity index (χ0) is 29.3. The number of allylic oxidation sites excluding steroid dienone is 4. The van der Waals surface area contributed by atoms with E-state index in [1.54, 1.807) is 18.2 Å². The number of halogens is 2. The summed E-state index contributed by atoms with van der Waals surface area (Å²) >= 11 is 0. The first-order valence-corrected chi connectivity index (χ1v) is 13.7. The molecule has 3 aromatic rings. The number of hydrogen-bond acceptors (Lipinski definition) is 7. The van der Waals surface area contributed by atoms with Gasteiger partial charge in [-0.3, -0.25) is 14.2 Å². The lowest BCUT2D eigenvalue weighted by Gasteiger charge is -2.28. The Labute approximate surface area is 235 Å². The molecule has 5 rings (SSSR count). The van der Waals surface area contributed by atoms with Crippen LogP contribution in [0.25, 0.3) is 28.0 Å². The van der Waals surface area contributed by atoms with Crippen molar-refractivity contribution in [1.29, 1.82) is 0 Å². The summed E-state index contributed by atoms with van der Waals surface area (Å²) in [6, 6.07) is 7.17. The van der Waals surface area contributed by atoms with Gasteiger partial charge in [0.1, 0.15) is 11.5 Å². The minimum absolute atomic E-state index is 0.0656. The predicted molar refractivity (Wildman–Crippen MR) is 153 cm³/mol. The Balaban J connectivity index is 1.74. The number of aliphatic hydroxyl groups is 2. The second kappa shape index (κ2) is 11.5. The van der Waals surface area contributed by atoms with Crippen LogP contribution >= 0.6 is 0 Å². The van der Waals surface area contributed by atoms with Gasteiger partial charge in [0.05, 0.1) is 24.9 Å². The summed E-state index contributed by atoms with van der Waals surface area (Å²) in [5.74, 6) is -1.20. The van der Waals surface area contributed by atoms with Crippen LogP contribution in [0.4, 0.5) is 14.7 Å². The van der Waals surface area contributed by atoms with Gasteiger partial charge in [-0.1, -0.05) is 25.0 Å². The average Bonchev–Trinajstić information content (AvgIpc) is 3.45. The zero-order valence-electron chi connectivity index (χ0n) is 23.0. The minimum atomic E-state index is -2.21.